The number of thioether (sulfide) groups is 1. The van der Waals surface area contributed by atoms with Gasteiger partial charge in [0.05, 0.1) is 9.92 Å². The average molecular weight is 265 g/mol. The lowest BCUT2D eigenvalue weighted by atomic mass is 10.2. The molecule has 0 unspecified atom stereocenters. The van der Waals surface area contributed by atoms with Crippen molar-refractivity contribution in [2.75, 3.05) is 12.5 Å². The van der Waals surface area contributed by atoms with Gasteiger partial charge in [-0.15, -0.1) is 11.8 Å². The molecule has 0 aliphatic carbocycles. The molecular formula is C9H9ClO3S2. The highest BCUT2D eigenvalue weighted by atomic mass is 35.5. The molecule has 1 aromatic rings. The van der Waals surface area contributed by atoms with Crippen LogP contribution in [0.2, 0.25) is 5.02 Å². The standard InChI is InChI=1S/C9H9ClO3S2/c1-14-9-7(10)3-6(5-11)4-8(9)15(2,12)13/h3-5H,1-2H3. The van der Waals surface area contributed by atoms with E-state index < -0.39 is 9.84 Å². The van der Waals surface area contributed by atoms with Crippen molar-refractivity contribution in [2.24, 2.45) is 0 Å². The highest BCUT2D eigenvalue weighted by molar-refractivity contribution is 7.99. The average Bonchev–Trinajstić information content (AvgIpc) is 2.15. The molecule has 0 atom stereocenters. The van der Waals surface area contributed by atoms with Crippen LogP contribution in [0.5, 0.6) is 0 Å². The van der Waals surface area contributed by atoms with Gasteiger partial charge in [0.25, 0.3) is 0 Å². The highest BCUT2D eigenvalue weighted by Crippen LogP contribution is 2.32. The number of benzene rings is 1. The first kappa shape index (κ1) is 12.5. The van der Waals surface area contributed by atoms with E-state index in [4.69, 9.17) is 11.6 Å². The Labute approximate surface area is 97.7 Å². The van der Waals surface area contributed by atoms with Crippen LogP contribution in [-0.4, -0.2) is 27.2 Å². The van der Waals surface area contributed by atoms with Gasteiger partial charge in [-0.05, 0) is 18.4 Å². The number of halogens is 1. The third kappa shape index (κ3) is 2.74. The lowest BCUT2D eigenvalue weighted by Gasteiger charge is -2.08. The summed E-state index contributed by atoms with van der Waals surface area (Å²) in [5.74, 6) is 0. The maximum atomic E-state index is 11.4. The third-order valence-corrected chi connectivity index (χ3v) is 4.28. The fourth-order valence-corrected chi connectivity index (χ4v) is 3.66. The molecule has 6 heteroatoms. The summed E-state index contributed by atoms with van der Waals surface area (Å²) in [6.07, 6.45) is 3.40. The van der Waals surface area contributed by atoms with Crippen LogP contribution in [0.1, 0.15) is 10.4 Å². The number of hydrogen-bond donors (Lipinski definition) is 0. The predicted octanol–water partition coefficient (Wildman–Crippen LogP) is 2.28. The lowest BCUT2D eigenvalue weighted by Crippen LogP contribution is -2.01. The fraction of sp³-hybridized carbons (Fsp3) is 0.222. The number of sulfone groups is 1. The van der Waals surface area contributed by atoms with Gasteiger partial charge in [0.1, 0.15) is 6.29 Å². The van der Waals surface area contributed by atoms with Crippen LogP contribution in [0.3, 0.4) is 0 Å². The first-order valence-corrected chi connectivity index (χ1v) is 7.42. The van der Waals surface area contributed by atoms with Crippen LogP contribution in [0.15, 0.2) is 21.9 Å². The van der Waals surface area contributed by atoms with Crippen molar-refractivity contribution < 1.29 is 13.2 Å². The van der Waals surface area contributed by atoms with E-state index in [2.05, 4.69) is 0 Å². The van der Waals surface area contributed by atoms with E-state index in [1.165, 1.54) is 23.9 Å². The summed E-state index contributed by atoms with van der Waals surface area (Å²) in [5, 5.41) is 0.285. The van der Waals surface area contributed by atoms with Gasteiger partial charge < -0.3 is 0 Å². The zero-order chi connectivity index (χ0) is 11.6. The molecule has 0 saturated heterocycles. The Bertz CT molecular complexity index is 494. The summed E-state index contributed by atoms with van der Waals surface area (Å²) in [6, 6.07) is 2.79. The van der Waals surface area contributed by atoms with Crippen LogP contribution in [0, 0.1) is 0 Å². The summed E-state index contributed by atoms with van der Waals surface area (Å²) < 4.78 is 22.9. The summed E-state index contributed by atoms with van der Waals surface area (Å²) in [6.45, 7) is 0. The van der Waals surface area contributed by atoms with Crippen molar-refractivity contribution in [3.05, 3.63) is 22.7 Å². The number of carbonyl (C=O) groups is 1. The normalized spacial score (nSPS) is 11.4. The molecule has 0 radical (unpaired) electrons. The molecule has 0 amide bonds. The van der Waals surface area contributed by atoms with Gasteiger partial charge in [0.2, 0.25) is 0 Å². The maximum Gasteiger partial charge on any atom is 0.176 e. The molecule has 0 aliphatic heterocycles. The molecule has 0 fully saturated rings. The topological polar surface area (TPSA) is 51.2 Å². The Morgan fingerprint density at radius 3 is 2.40 bits per heavy atom. The van der Waals surface area contributed by atoms with Crippen LogP contribution in [0.25, 0.3) is 0 Å². The second-order valence-corrected chi connectivity index (χ2v) is 6.13. The molecule has 0 aromatic heterocycles. The van der Waals surface area contributed by atoms with E-state index in [9.17, 15) is 13.2 Å². The zero-order valence-electron chi connectivity index (χ0n) is 8.15. The van der Waals surface area contributed by atoms with Crippen molar-refractivity contribution in [2.45, 2.75) is 9.79 Å². The monoisotopic (exact) mass is 264 g/mol. The molecule has 3 nitrogen and oxygen atoms in total. The van der Waals surface area contributed by atoms with E-state index in [0.29, 0.717) is 11.2 Å². The molecule has 0 spiro atoms. The minimum atomic E-state index is -3.36. The van der Waals surface area contributed by atoms with Gasteiger partial charge in [-0.2, -0.15) is 0 Å². The van der Waals surface area contributed by atoms with E-state index in [1.807, 2.05) is 0 Å². The summed E-state index contributed by atoms with van der Waals surface area (Å²) >= 11 is 7.12. The SMILES string of the molecule is CSc1c(Cl)cc(C=O)cc1S(C)(=O)=O. The molecular weight excluding hydrogens is 256 g/mol. The zero-order valence-corrected chi connectivity index (χ0v) is 10.5. The van der Waals surface area contributed by atoms with Crippen molar-refractivity contribution in [1.29, 1.82) is 0 Å². The van der Waals surface area contributed by atoms with Crippen LogP contribution in [0.4, 0.5) is 0 Å². The maximum absolute atomic E-state index is 11.4. The smallest absolute Gasteiger partial charge is 0.176 e. The molecule has 0 aliphatic rings. The van der Waals surface area contributed by atoms with E-state index in [1.54, 1.807) is 6.26 Å². The van der Waals surface area contributed by atoms with Gasteiger partial charge in [-0.25, -0.2) is 8.42 Å². The Morgan fingerprint density at radius 1 is 1.40 bits per heavy atom. The Kier molecular flexibility index (Phi) is 3.81. The van der Waals surface area contributed by atoms with Crippen molar-refractivity contribution >= 4 is 39.5 Å². The largest absolute Gasteiger partial charge is 0.298 e. The molecule has 1 rings (SSSR count). The van der Waals surface area contributed by atoms with E-state index >= 15 is 0 Å². The molecule has 0 N–H and O–H groups in total. The van der Waals surface area contributed by atoms with E-state index in [0.717, 1.165) is 6.26 Å². The van der Waals surface area contributed by atoms with Gasteiger partial charge in [-0.3, -0.25) is 4.79 Å². The summed E-state index contributed by atoms with van der Waals surface area (Å²) in [7, 11) is -3.36. The van der Waals surface area contributed by atoms with Gasteiger partial charge in [0, 0.05) is 16.7 Å². The molecule has 0 saturated carbocycles. The van der Waals surface area contributed by atoms with Crippen LogP contribution < -0.4 is 0 Å². The molecule has 1 aromatic carbocycles. The quantitative estimate of drug-likeness (QED) is 0.621. The Morgan fingerprint density at radius 2 is 2.00 bits per heavy atom. The van der Waals surface area contributed by atoms with Crippen molar-refractivity contribution in [3.63, 3.8) is 0 Å². The molecule has 0 bridgehead atoms. The van der Waals surface area contributed by atoms with Gasteiger partial charge in [-0.1, -0.05) is 11.6 Å². The second kappa shape index (κ2) is 4.55. The fourth-order valence-electron chi connectivity index (χ4n) is 1.13. The lowest BCUT2D eigenvalue weighted by molar-refractivity contribution is 0.112. The molecule has 82 valence electrons. The molecule has 0 heterocycles. The summed E-state index contributed by atoms with van der Waals surface area (Å²) in [4.78, 5) is 11.2. The van der Waals surface area contributed by atoms with Crippen molar-refractivity contribution in [1.82, 2.24) is 0 Å². The Hall–Kier alpha value is -0.520. The number of rotatable bonds is 3. The number of hydrogen-bond acceptors (Lipinski definition) is 4. The van der Waals surface area contributed by atoms with Gasteiger partial charge >= 0.3 is 0 Å². The van der Waals surface area contributed by atoms with E-state index in [-0.39, 0.29) is 15.5 Å². The minimum Gasteiger partial charge on any atom is -0.298 e. The Balaban J connectivity index is 3.60. The van der Waals surface area contributed by atoms with Crippen molar-refractivity contribution in [3.8, 4) is 0 Å². The number of aldehydes is 1. The third-order valence-electron chi connectivity index (χ3n) is 1.77. The minimum absolute atomic E-state index is 0.101. The highest BCUT2D eigenvalue weighted by Gasteiger charge is 2.16. The second-order valence-electron chi connectivity index (χ2n) is 2.92. The predicted molar refractivity (Wildman–Crippen MR) is 61.7 cm³/mol. The van der Waals surface area contributed by atoms with Gasteiger partial charge in [0.15, 0.2) is 9.84 Å². The van der Waals surface area contributed by atoms with Crippen LogP contribution in [-0.2, 0) is 9.84 Å². The molecule has 15 heavy (non-hydrogen) atoms. The first-order valence-electron chi connectivity index (χ1n) is 3.93. The van der Waals surface area contributed by atoms with Crippen LogP contribution >= 0.6 is 23.4 Å². The first-order chi connectivity index (χ1) is 6.90. The number of carbonyl (C=O) groups excluding carboxylic acids is 1. The summed E-state index contributed by atoms with van der Waals surface area (Å²) in [5.41, 5.74) is 0.262.